The van der Waals surface area contributed by atoms with Gasteiger partial charge in [0.1, 0.15) is 0 Å². The van der Waals surface area contributed by atoms with Gasteiger partial charge in [0, 0.05) is 53.6 Å². The first kappa shape index (κ1) is 38.9. The summed E-state index contributed by atoms with van der Waals surface area (Å²) in [5.74, 6) is 0. The maximum atomic E-state index is 2.46. The van der Waals surface area contributed by atoms with Crippen molar-refractivity contribution in [3.05, 3.63) is 255 Å². The van der Waals surface area contributed by atoms with Crippen molar-refractivity contribution in [3.8, 4) is 50.2 Å². The minimum absolute atomic E-state index is 1.07. The maximum Gasteiger partial charge on any atom is 0.0546 e. The summed E-state index contributed by atoms with van der Waals surface area (Å²) in [5.41, 5.74) is 16.3. The van der Waals surface area contributed by atoms with Gasteiger partial charge in [-0.1, -0.05) is 182 Å². The van der Waals surface area contributed by atoms with Crippen LogP contribution >= 0.6 is 11.3 Å². The lowest BCUT2D eigenvalue weighted by Crippen LogP contribution is -2.12. The Labute approximate surface area is 393 Å². The summed E-state index contributed by atoms with van der Waals surface area (Å²) in [4.78, 5) is 2.46. The van der Waals surface area contributed by atoms with Crippen molar-refractivity contribution in [3.63, 3.8) is 0 Å². The van der Waals surface area contributed by atoms with Gasteiger partial charge in [0.2, 0.25) is 0 Å². The van der Waals surface area contributed by atoms with Gasteiger partial charge in [0.15, 0.2) is 0 Å². The van der Waals surface area contributed by atoms with E-state index in [9.17, 15) is 0 Å². The third-order valence-electron chi connectivity index (χ3n) is 13.4. The van der Waals surface area contributed by atoms with Gasteiger partial charge >= 0.3 is 0 Å². The summed E-state index contributed by atoms with van der Waals surface area (Å²) >= 11 is 1.87. The van der Waals surface area contributed by atoms with E-state index in [0.717, 1.165) is 28.3 Å². The van der Waals surface area contributed by atoms with E-state index in [4.69, 9.17) is 0 Å². The van der Waals surface area contributed by atoms with Gasteiger partial charge in [-0.15, -0.1) is 11.3 Å². The van der Waals surface area contributed by atoms with Crippen molar-refractivity contribution in [2.75, 3.05) is 4.90 Å². The Balaban J connectivity index is 1.06. The normalized spacial score (nSPS) is 11.6. The van der Waals surface area contributed by atoms with Crippen LogP contribution in [0, 0.1) is 0 Å². The molecule has 0 saturated carbocycles. The van der Waals surface area contributed by atoms with Crippen LogP contribution in [0.25, 0.3) is 103 Å². The van der Waals surface area contributed by atoms with Crippen LogP contribution < -0.4 is 4.90 Å². The minimum atomic E-state index is 1.07. The summed E-state index contributed by atoms with van der Waals surface area (Å²) in [6.45, 7) is 0. The van der Waals surface area contributed by atoms with E-state index < -0.39 is 0 Å². The third-order valence-corrected chi connectivity index (χ3v) is 14.5. The zero-order valence-corrected chi connectivity index (χ0v) is 37.4. The highest BCUT2D eigenvalue weighted by Gasteiger charge is 2.24. The topological polar surface area (TPSA) is 8.17 Å². The van der Waals surface area contributed by atoms with Gasteiger partial charge in [0.25, 0.3) is 0 Å². The highest BCUT2D eigenvalue weighted by Crippen LogP contribution is 2.49. The number of fused-ring (bicyclic) bond motifs is 7. The monoisotopic (exact) mass is 870 g/mol. The first-order valence-electron chi connectivity index (χ1n) is 22.9. The molecule has 0 aliphatic rings. The van der Waals surface area contributed by atoms with E-state index in [1.165, 1.54) is 91.7 Å². The number of para-hydroxylation sites is 2. The number of rotatable bonds is 8. The molecule has 2 heterocycles. The van der Waals surface area contributed by atoms with E-state index in [-0.39, 0.29) is 0 Å². The maximum absolute atomic E-state index is 2.46. The molecular formula is C64H42N2S. The van der Waals surface area contributed by atoms with E-state index in [0.29, 0.717) is 0 Å². The average molecular weight is 871 g/mol. The molecule has 0 amide bonds. The van der Waals surface area contributed by atoms with Crippen molar-refractivity contribution < 1.29 is 0 Å². The van der Waals surface area contributed by atoms with Gasteiger partial charge < -0.3 is 9.47 Å². The number of anilines is 3. The second-order valence-electron chi connectivity index (χ2n) is 17.2. The Hall–Kier alpha value is -8.50. The molecule has 0 atom stereocenters. The summed E-state index contributed by atoms with van der Waals surface area (Å²) < 4.78 is 4.98. The summed E-state index contributed by atoms with van der Waals surface area (Å²) in [5, 5.41) is 7.57. The fraction of sp³-hybridized carbons (Fsp3) is 0. The molecule has 0 spiro atoms. The Morgan fingerprint density at radius 3 is 1.64 bits per heavy atom. The fourth-order valence-electron chi connectivity index (χ4n) is 10.4. The second kappa shape index (κ2) is 16.2. The molecule has 0 fully saturated rings. The number of aromatic nitrogens is 1. The fourth-order valence-corrected chi connectivity index (χ4v) is 11.5. The van der Waals surface area contributed by atoms with Crippen molar-refractivity contribution >= 4 is 81.1 Å². The molecule has 13 rings (SSSR count). The quantitative estimate of drug-likeness (QED) is 0.148. The molecule has 0 aliphatic carbocycles. The molecule has 0 saturated heterocycles. The minimum Gasteiger partial charge on any atom is -0.310 e. The van der Waals surface area contributed by atoms with E-state index in [2.05, 4.69) is 264 Å². The number of benzene rings is 11. The third kappa shape index (κ3) is 6.63. The lowest BCUT2D eigenvalue weighted by Gasteiger charge is -2.30. The van der Waals surface area contributed by atoms with Gasteiger partial charge in [0.05, 0.1) is 16.7 Å². The van der Waals surface area contributed by atoms with Crippen LogP contribution in [0.4, 0.5) is 17.1 Å². The van der Waals surface area contributed by atoms with Crippen molar-refractivity contribution in [1.82, 2.24) is 4.57 Å². The van der Waals surface area contributed by atoms with Crippen LogP contribution in [-0.2, 0) is 0 Å². The highest BCUT2D eigenvalue weighted by molar-refractivity contribution is 7.25. The van der Waals surface area contributed by atoms with Gasteiger partial charge in [-0.25, -0.2) is 0 Å². The largest absolute Gasteiger partial charge is 0.310 e. The van der Waals surface area contributed by atoms with Crippen molar-refractivity contribution in [1.29, 1.82) is 0 Å². The Kier molecular flexibility index (Phi) is 9.40. The van der Waals surface area contributed by atoms with E-state index in [1.54, 1.807) is 0 Å². The van der Waals surface area contributed by atoms with Crippen molar-refractivity contribution in [2.24, 2.45) is 0 Å². The molecule has 13 aromatic rings. The van der Waals surface area contributed by atoms with Crippen LogP contribution in [0.3, 0.4) is 0 Å². The molecule has 11 aromatic carbocycles. The number of hydrogen-bond acceptors (Lipinski definition) is 2. The molecule has 67 heavy (non-hydrogen) atoms. The molecule has 0 aliphatic heterocycles. The van der Waals surface area contributed by atoms with Crippen LogP contribution in [-0.4, -0.2) is 4.57 Å². The number of thiophene rings is 1. The summed E-state index contributed by atoms with van der Waals surface area (Å²) in [7, 11) is 0. The summed E-state index contributed by atoms with van der Waals surface area (Å²) in [6, 6.07) is 93.3. The molecule has 0 unspecified atom stereocenters. The van der Waals surface area contributed by atoms with Crippen LogP contribution in [0.15, 0.2) is 255 Å². The van der Waals surface area contributed by atoms with E-state index >= 15 is 0 Å². The van der Waals surface area contributed by atoms with Crippen LogP contribution in [0.2, 0.25) is 0 Å². The van der Waals surface area contributed by atoms with Crippen LogP contribution in [0.1, 0.15) is 0 Å². The predicted molar refractivity (Wildman–Crippen MR) is 288 cm³/mol. The molecule has 3 heteroatoms. The lowest BCUT2D eigenvalue weighted by atomic mass is 9.88. The van der Waals surface area contributed by atoms with Crippen LogP contribution in [0.5, 0.6) is 0 Å². The first-order chi connectivity index (χ1) is 33.2. The Bertz CT molecular complexity index is 3910. The molecule has 314 valence electrons. The molecule has 0 radical (unpaired) electrons. The lowest BCUT2D eigenvalue weighted by molar-refractivity contribution is 1.17. The second-order valence-corrected chi connectivity index (χ2v) is 18.3. The van der Waals surface area contributed by atoms with Gasteiger partial charge in [-0.2, -0.15) is 0 Å². The zero-order chi connectivity index (χ0) is 44.3. The average Bonchev–Trinajstić information content (AvgIpc) is 3.95. The number of nitrogens with zero attached hydrogens (tertiary/aromatic N) is 2. The predicted octanol–water partition coefficient (Wildman–Crippen LogP) is 18.4. The Morgan fingerprint density at radius 1 is 0.328 bits per heavy atom. The first-order valence-corrected chi connectivity index (χ1v) is 23.7. The van der Waals surface area contributed by atoms with Crippen molar-refractivity contribution in [2.45, 2.75) is 0 Å². The summed E-state index contributed by atoms with van der Waals surface area (Å²) in [6.07, 6.45) is 0. The molecule has 2 nitrogen and oxygen atoms in total. The standard InChI is InChI=1S/C64H42N2S/c1-2-16-43(17-3-1)46-20-12-21-47(42-46)63-55(56-28-15-33-62-64(56)57-25-8-11-32-61(57)67-62)27-14-31-60(63)65(48-36-34-45(35-37-48)52-26-13-19-44-18-4-5-22-51(44)52)49-38-40-50(41-39-49)66-58-29-9-6-23-53(58)54-24-7-10-30-59(54)66/h1-42H. The highest BCUT2D eigenvalue weighted by atomic mass is 32.1. The molecule has 0 bridgehead atoms. The van der Waals surface area contributed by atoms with Gasteiger partial charge in [-0.05, 0) is 123 Å². The smallest absolute Gasteiger partial charge is 0.0546 e. The molecule has 0 N–H and O–H groups in total. The number of hydrogen-bond donors (Lipinski definition) is 0. The molecular weight excluding hydrogens is 829 g/mol. The zero-order valence-electron chi connectivity index (χ0n) is 36.6. The SMILES string of the molecule is c1ccc(-c2cccc(-c3c(-c4cccc5sc6ccccc6c45)cccc3N(c3ccc(-c4cccc5ccccc45)cc3)c3ccc(-n4c5ccccc5c5ccccc54)cc3)c2)cc1. The Morgan fingerprint density at radius 2 is 0.866 bits per heavy atom. The molecule has 2 aromatic heterocycles. The van der Waals surface area contributed by atoms with Gasteiger partial charge in [-0.3, -0.25) is 0 Å². The van der Waals surface area contributed by atoms with E-state index in [1.807, 2.05) is 11.3 Å².